The Balaban J connectivity index is 3.22. The molecule has 0 N–H and O–H groups in total. The van der Waals surface area contributed by atoms with Crippen molar-refractivity contribution in [2.24, 2.45) is 0 Å². The summed E-state index contributed by atoms with van der Waals surface area (Å²) in [7, 11) is 4.08. The lowest BCUT2D eigenvalue weighted by Gasteiger charge is -2.17. The number of nitro benzene ring substituents is 1. The van der Waals surface area contributed by atoms with Crippen molar-refractivity contribution >= 4 is 17.5 Å². The van der Waals surface area contributed by atoms with Crippen LogP contribution in [0.1, 0.15) is 0 Å². The monoisotopic (exact) mass is 240 g/mol. The maximum atomic E-state index is 11.3. The number of anilines is 1. The maximum absolute atomic E-state index is 11.3. The number of amides is 1. The SMILES string of the molecule is COC(=O)N(C)c1cc([N+](=O)[O-])ccc1OC. The van der Waals surface area contributed by atoms with Crippen LogP contribution in [-0.4, -0.2) is 32.3 Å². The molecule has 7 nitrogen and oxygen atoms in total. The van der Waals surface area contributed by atoms with E-state index in [1.807, 2.05) is 0 Å². The topological polar surface area (TPSA) is 81.9 Å². The number of ether oxygens (including phenoxy) is 2. The third kappa shape index (κ3) is 2.63. The van der Waals surface area contributed by atoms with E-state index in [9.17, 15) is 14.9 Å². The smallest absolute Gasteiger partial charge is 0.413 e. The van der Waals surface area contributed by atoms with Gasteiger partial charge in [0.1, 0.15) is 5.75 Å². The molecule has 0 aliphatic rings. The van der Waals surface area contributed by atoms with Gasteiger partial charge in [0.15, 0.2) is 0 Å². The molecule has 1 rings (SSSR count). The number of carbonyl (C=O) groups excluding carboxylic acids is 1. The third-order valence-corrected chi connectivity index (χ3v) is 2.18. The Morgan fingerprint density at radius 3 is 2.53 bits per heavy atom. The highest BCUT2D eigenvalue weighted by Gasteiger charge is 2.19. The van der Waals surface area contributed by atoms with Gasteiger partial charge in [0.25, 0.3) is 5.69 Å². The van der Waals surface area contributed by atoms with E-state index in [1.165, 1.54) is 39.5 Å². The minimum atomic E-state index is -0.635. The summed E-state index contributed by atoms with van der Waals surface area (Å²) in [5.74, 6) is 0.350. The fourth-order valence-electron chi connectivity index (χ4n) is 1.29. The average molecular weight is 240 g/mol. The fourth-order valence-corrected chi connectivity index (χ4v) is 1.29. The number of non-ortho nitro benzene ring substituents is 1. The molecule has 1 amide bonds. The van der Waals surface area contributed by atoms with Crippen LogP contribution in [0.25, 0.3) is 0 Å². The summed E-state index contributed by atoms with van der Waals surface area (Å²) in [5.41, 5.74) is 0.144. The molecule has 92 valence electrons. The number of nitro groups is 1. The van der Waals surface area contributed by atoms with Gasteiger partial charge < -0.3 is 9.47 Å². The van der Waals surface area contributed by atoms with Crippen molar-refractivity contribution in [2.45, 2.75) is 0 Å². The molecule has 0 saturated heterocycles. The van der Waals surface area contributed by atoms with Gasteiger partial charge in [-0.2, -0.15) is 0 Å². The molecule has 0 saturated carbocycles. The van der Waals surface area contributed by atoms with Gasteiger partial charge in [-0.05, 0) is 6.07 Å². The summed E-state index contributed by atoms with van der Waals surface area (Å²) in [6.07, 6.45) is -0.635. The number of benzene rings is 1. The molecule has 0 aromatic heterocycles. The van der Waals surface area contributed by atoms with Crippen molar-refractivity contribution in [1.29, 1.82) is 0 Å². The van der Waals surface area contributed by atoms with Crippen molar-refractivity contribution in [3.05, 3.63) is 28.3 Å². The predicted octanol–water partition coefficient (Wildman–Crippen LogP) is 1.81. The molecule has 0 unspecified atom stereocenters. The number of carbonyl (C=O) groups is 1. The van der Waals surface area contributed by atoms with Crippen LogP contribution in [0.4, 0.5) is 16.2 Å². The van der Waals surface area contributed by atoms with Gasteiger partial charge >= 0.3 is 6.09 Å². The van der Waals surface area contributed by atoms with Gasteiger partial charge in [-0.1, -0.05) is 0 Å². The quantitative estimate of drug-likeness (QED) is 0.594. The summed E-state index contributed by atoms with van der Waals surface area (Å²) in [5, 5.41) is 10.6. The van der Waals surface area contributed by atoms with Crippen LogP contribution in [0, 0.1) is 10.1 Å². The Morgan fingerprint density at radius 1 is 1.41 bits per heavy atom. The molecule has 17 heavy (non-hydrogen) atoms. The van der Waals surface area contributed by atoms with Crippen LogP contribution in [0.2, 0.25) is 0 Å². The first-order chi connectivity index (χ1) is 8.01. The highest BCUT2D eigenvalue weighted by atomic mass is 16.6. The van der Waals surface area contributed by atoms with E-state index in [4.69, 9.17) is 4.74 Å². The lowest BCUT2D eigenvalue weighted by Crippen LogP contribution is -2.26. The highest BCUT2D eigenvalue weighted by Crippen LogP contribution is 2.31. The number of rotatable bonds is 3. The lowest BCUT2D eigenvalue weighted by molar-refractivity contribution is -0.384. The van der Waals surface area contributed by atoms with Crippen molar-refractivity contribution in [2.75, 3.05) is 26.2 Å². The van der Waals surface area contributed by atoms with E-state index >= 15 is 0 Å². The van der Waals surface area contributed by atoms with Gasteiger partial charge in [0.05, 0.1) is 24.8 Å². The molecule has 0 aliphatic carbocycles. The number of hydrogen-bond donors (Lipinski definition) is 0. The molecule has 1 aromatic carbocycles. The summed E-state index contributed by atoms with van der Waals surface area (Å²) in [6.45, 7) is 0. The molecule has 7 heteroatoms. The second-order valence-electron chi connectivity index (χ2n) is 3.14. The van der Waals surface area contributed by atoms with Crippen LogP contribution in [0.5, 0.6) is 5.75 Å². The third-order valence-electron chi connectivity index (χ3n) is 2.18. The summed E-state index contributed by atoms with van der Waals surface area (Å²) < 4.78 is 9.55. The minimum absolute atomic E-state index is 0.128. The van der Waals surface area contributed by atoms with Gasteiger partial charge in [-0.25, -0.2) is 4.79 Å². The largest absolute Gasteiger partial charge is 0.495 e. The Kier molecular flexibility index (Phi) is 3.86. The van der Waals surface area contributed by atoms with E-state index in [0.717, 1.165) is 4.90 Å². The normalized spacial score (nSPS) is 9.59. The number of nitrogens with zero attached hydrogens (tertiary/aromatic N) is 2. The van der Waals surface area contributed by atoms with Crippen molar-refractivity contribution in [3.8, 4) is 5.75 Å². The summed E-state index contributed by atoms with van der Waals surface area (Å²) in [4.78, 5) is 22.6. The molecule has 0 aliphatic heterocycles. The highest BCUT2D eigenvalue weighted by molar-refractivity contribution is 5.89. The Hall–Kier alpha value is -2.31. The zero-order valence-corrected chi connectivity index (χ0v) is 9.67. The predicted molar refractivity (Wildman–Crippen MR) is 60.5 cm³/mol. The van der Waals surface area contributed by atoms with Crippen LogP contribution in [0.3, 0.4) is 0 Å². The first-order valence-electron chi connectivity index (χ1n) is 4.65. The summed E-state index contributed by atoms with van der Waals surface area (Å²) >= 11 is 0. The van der Waals surface area contributed by atoms with Crippen LogP contribution < -0.4 is 9.64 Å². The van der Waals surface area contributed by atoms with Gasteiger partial charge in [-0.3, -0.25) is 15.0 Å². The molecule has 0 atom stereocenters. The van der Waals surface area contributed by atoms with E-state index in [0.29, 0.717) is 5.75 Å². The zero-order chi connectivity index (χ0) is 13.0. The fraction of sp³-hybridized carbons (Fsp3) is 0.300. The maximum Gasteiger partial charge on any atom is 0.413 e. The molecule has 0 bridgehead atoms. The molecule has 0 heterocycles. The Labute approximate surface area is 97.7 Å². The summed E-state index contributed by atoms with van der Waals surface area (Å²) in [6, 6.07) is 3.97. The number of methoxy groups -OCH3 is 2. The second kappa shape index (κ2) is 5.15. The van der Waals surface area contributed by atoms with Gasteiger partial charge in [0.2, 0.25) is 0 Å². The lowest BCUT2D eigenvalue weighted by atomic mass is 10.2. The standard InChI is InChI=1S/C10H12N2O5/c1-11(10(13)17-3)8-6-7(12(14)15)4-5-9(8)16-2/h4-6H,1-3H3. The van der Waals surface area contributed by atoms with E-state index in [-0.39, 0.29) is 11.4 Å². The molecule has 0 spiro atoms. The van der Waals surface area contributed by atoms with Crippen LogP contribution in [-0.2, 0) is 4.74 Å². The Bertz CT molecular complexity index is 446. The zero-order valence-electron chi connectivity index (χ0n) is 9.67. The average Bonchev–Trinajstić information content (AvgIpc) is 2.35. The number of hydrogen-bond acceptors (Lipinski definition) is 5. The van der Waals surface area contributed by atoms with Crippen LogP contribution >= 0.6 is 0 Å². The van der Waals surface area contributed by atoms with Gasteiger partial charge in [0, 0.05) is 19.2 Å². The van der Waals surface area contributed by atoms with E-state index < -0.39 is 11.0 Å². The molecular weight excluding hydrogens is 228 g/mol. The van der Waals surface area contributed by atoms with E-state index in [2.05, 4.69) is 4.74 Å². The molecule has 1 aromatic rings. The van der Waals surface area contributed by atoms with Gasteiger partial charge in [-0.15, -0.1) is 0 Å². The molecular formula is C10H12N2O5. The molecule has 0 radical (unpaired) electrons. The minimum Gasteiger partial charge on any atom is -0.495 e. The van der Waals surface area contributed by atoms with Crippen molar-refractivity contribution in [3.63, 3.8) is 0 Å². The van der Waals surface area contributed by atoms with E-state index in [1.54, 1.807) is 0 Å². The second-order valence-corrected chi connectivity index (χ2v) is 3.14. The first kappa shape index (κ1) is 12.8. The van der Waals surface area contributed by atoms with Crippen LogP contribution in [0.15, 0.2) is 18.2 Å². The molecule has 0 fully saturated rings. The van der Waals surface area contributed by atoms with Crippen molar-refractivity contribution in [1.82, 2.24) is 0 Å². The first-order valence-corrected chi connectivity index (χ1v) is 4.65. The Morgan fingerprint density at radius 2 is 2.06 bits per heavy atom. The van der Waals surface area contributed by atoms with Crippen molar-refractivity contribution < 1.29 is 19.2 Å².